The molecule has 1 aromatic carbocycles. The lowest BCUT2D eigenvalue weighted by Gasteiger charge is -2.39. The van der Waals surface area contributed by atoms with Gasteiger partial charge < -0.3 is 10.1 Å². The van der Waals surface area contributed by atoms with Crippen LogP contribution in [-0.2, 0) is 5.60 Å². The van der Waals surface area contributed by atoms with Crippen LogP contribution in [0.3, 0.4) is 0 Å². The van der Waals surface area contributed by atoms with Crippen LogP contribution in [0.15, 0.2) is 42.6 Å². The van der Waals surface area contributed by atoms with E-state index in [-0.39, 0.29) is 17.9 Å². The molecule has 2 nitrogen and oxygen atoms in total. The minimum absolute atomic E-state index is 0.0261. The highest BCUT2D eigenvalue weighted by atomic mass is 19.4. The molecule has 5 heteroatoms. The number of aryl methyl sites for hydroxylation is 1. The van der Waals surface area contributed by atoms with E-state index < -0.39 is 17.7 Å². The van der Waals surface area contributed by atoms with Crippen molar-refractivity contribution in [1.82, 2.24) is 4.98 Å². The van der Waals surface area contributed by atoms with Crippen molar-refractivity contribution in [1.29, 1.82) is 0 Å². The molecule has 1 aromatic heterocycles. The molecule has 25 heavy (non-hydrogen) atoms. The zero-order valence-corrected chi connectivity index (χ0v) is 14.5. The smallest absolute Gasteiger partial charge is 0.376 e. The van der Waals surface area contributed by atoms with E-state index in [1.807, 2.05) is 20.8 Å². The summed E-state index contributed by atoms with van der Waals surface area (Å²) in [6, 6.07) is 3.39. The number of aliphatic hydroxyl groups is 1. The van der Waals surface area contributed by atoms with E-state index in [1.165, 1.54) is 6.08 Å². The maximum absolute atomic E-state index is 14.2. The number of aromatic amines is 1. The second-order valence-corrected chi connectivity index (χ2v) is 7.00. The van der Waals surface area contributed by atoms with Gasteiger partial charge in [-0.3, -0.25) is 0 Å². The highest BCUT2D eigenvalue weighted by molar-refractivity contribution is 5.88. The molecule has 2 N–H and O–H groups in total. The molecule has 0 fully saturated rings. The lowest BCUT2D eigenvalue weighted by molar-refractivity contribution is -0.280. The zero-order valence-electron chi connectivity index (χ0n) is 14.5. The molecule has 0 saturated heterocycles. The van der Waals surface area contributed by atoms with Crippen molar-refractivity contribution in [2.24, 2.45) is 5.92 Å². The summed E-state index contributed by atoms with van der Waals surface area (Å²) < 4.78 is 42.7. The molecule has 134 valence electrons. The largest absolute Gasteiger partial charge is 0.422 e. The number of benzene rings is 1. The fraction of sp³-hybridized carbons (Fsp3) is 0.400. The normalized spacial score (nSPS) is 20.4. The summed E-state index contributed by atoms with van der Waals surface area (Å²) in [4.78, 5) is 3.01. The monoisotopic (exact) mass is 349 g/mol. The Hall–Kier alpha value is -2.01. The number of alkyl halides is 3. The Labute approximate surface area is 145 Å². The Kier molecular flexibility index (Phi) is 4.31. The van der Waals surface area contributed by atoms with Gasteiger partial charge in [0.2, 0.25) is 0 Å². The molecular weight excluding hydrogens is 327 g/mol. The lowest BCUT2D eigenvalue weighted by Crippen LogP contribution is -2.49. The Morgan fingerprint density at radius 1 is 1.24 bits per heavy atom. The molecular formula is C20H22F3NO. The molecule has 1 heterocycles. The van der Waals surface area contributed by atoms with E-state index in [2.05, 4.69) is 4.98 Å². The molecule has 0 radical (unpaired) electrons. The van der Waals surface area contributed by atoms with Gasteiger partial charge in [0.1, 0.15) is 0 Å². The van der Waals surface area contributed by atoms with Crippen molar-refractivity contribution in [3.8, 4) is 0 Å². The number of hydrogen-bond donors (Lipinski definition) is 2. The van der Waals surface area contributed by atoms with Crippen LogP contribution >= 0.6 is 0 Å². The Morgan fingerprint density at radius 3 is 2.52 bits per heavy atom. The van der Waals surface area contributed by atoms with Crippen LogP contribution in [0.2, 0.25) is 0 Å². The van der Waals surface area contributed by atoms with Gasteiger partial charge in [0, 0.05) is 28.6 Å². The number of H-pyrrole nitrogens is 1. The van der Waals surface area contributed by atoms with Gasteiger partial charge in [-0.05, 0) is 36.5 Å². The topological polar surface area (TPSA) is 36.0 Å². The number of halogens is 3. The average Bonchev–Trinajstić information content (AvgIpc) is 3.03. The van der Waals surface area contributed by atoms with Crippen LogP contribution in [0, 0.1) is 12.8 Å². The van der Waals surface area contributed by atoms with Crippen LogP contribution in [0.4, 0.5) is 13.2 Å². The fourth-order valence-corrected chi connectivity index (χ4v) is 3.75. The van der Waals surface area contributed by atoms with Crippen LogP contribution < -0.4 is 0 Å². The van der Waals surface area contributed by atoms with E-state index >= 15 is 0 Å². The molecule has 1 aliphatic carbocycles. The van der Waals surface area contributed by atoms with E-state index in [4.69, 9.17) is 0 Å². The number of hydrogen-bond acceptors (Lipinski definition) is 1. The number of nitrogens with one attached hydrogen (secondary N) is 1. The second kappa shape index (κ2) is 6.06. The van der Waals surface area contributed by atoms with Gasteiger partial charge in [0.25, 0.3) is 0 Å². The first-order valence-corrected chi connectivity index (χ1v) is 8.41. The van der Waals surface area contributed by atoms with E-state index in [0.717, 1.165) is 5.56 Å². The summed E-state index contributed by atoms with van der Waals surface area (Å²) in [5.41, 5.74) is -0.926. The first kappa shape index (κ1) is 17.8. The van der Waals surface area contributed by atoms with Gasteiger partial charge in [-0.15, -0.1) is 0 Å². The predicted molar refractivity (Wildman–Crippen MR) is 93.5 cm³/mol. The molecule has 0 aliphatic heterocycles. The van der Waals surface area contributed by atoms with Crippen LogP contribution in [0.25, 0.3) is 10.9 Å². The lowest BCUT2D eigenvalue weighted by atomic mass is 9.72. The minimum atomic E-state index is -4.80. The molecule has 1 aliphatic rings. The van der Waals surface area contributed by atoms with Crippen molar-refractivity contribution < 1.29 is 18.3 Å². The van der Waals surface area contributed by atoms with Crippen molar-refractivity contribution >= 4 is 10.9 Å². The van der Waals surface area contributed by atoms with Gasteiger partial charge in [0.05, 0.1) is 0 Å². The SMILES string of the molecule is Cc1cc(C(C)C)c(C(O)(C2C=CC=CC2)C(F)(F)F)c2cc[nH]c12. The van der Waals surface area contributed by atoms with Crippen molar-refractivity contribution in [3.63, 3.8) is 0 Å². The maximum atomic E-state index is 14.2. The molecule has 3 rings (SSSR count). The van der Waals surface area contributed by atoms with Gasteiger partial charge in [-0.2, -0.15) is 13.2 Å². The quantitative estimate of drug-likeness (QED) is 0.756. The first-order chi connectivity index (χ1) is 11.7. The van der Waals surface area contributed by atoms with Gasteiger partial charge in [-0.25, -0.2) is 0 Å². The van der Waals surface area contributed by atoms with Crippen molar-refractivity contribution in [2.75, 3.05) is 0 Å². The Bertz CT molecular complexity index is 844. The van der Waals surface area contributed by atoms with Crippen molar-refractivity contribution in [3.05, 3.63) is 59.3 Å². The number of rotatable bonds is 3. The first-order valence-electron chi connectivity index (χ1n) is 8.41. The summed E-state index contributed by atoms with van der Waals surface area (Å²) in [7, 11) is 0. The molecule has 2 aromatic rings. The van der Waals surface area contributed by atoms with Crippen LogP contribution in [0.1, 0.15) is 42.9 Å². The summed E-state index contributed by atoms with van der Waals surface area (Å²) >= 11 is 0. The zero-order chi connectivity index (χ0) is 18.4. The van der Waals surface area contributed by atoms with Gasteiger partial charge in [-0.1, -0.05) is 44.2 Å². The van der Waals surface area contributed by atoms with Crippen LogP contribution in [0.5, 0.6) is 0 Å². The second-order valence-electron chi connectivity index (χ2n) is 7.00. The molecule has 0 saturated carbocycles. The third kappa shape index (κ3) is 2.71. The van der Waals surface area contributed by atoms with E-state index in [1.54, 1.807) is 36.6 Å². The van der Waals surface area contributed by atoms with Crippen molar-refractivity contribution in [2.45, 2.75) is 44.9 Å². The van der Waals surface area contributed by atoms with E-state index in [9.17, 15) is 18.3 Å². The molecule has 0 amide bonds. The molecule has 0 bridgehead atoms. The summed E-state index contributed by atoms with van der Waals surface area (Å²) in [5, 5.41) is 11.6. The molecule has 2 atom stereocenters. The minimum Gasteiger partial charge on any atom is -0.376 e. The van der Waals surface area contributed by atoms with Gasteiger partial charge >= 0.3 is 6.18 Å². The average molecular weight is 349 g/mol. The summed E-state index contributed by atoms with van der Waals surface area (Å²) in [5.74, 6) is -1.21. The number of allylic oxidation sites excluding steroid dienone is 3. The Balaban J connectivity index is 2.39. The third-order valence-electron chi connectivity index (χ3n) is 5.02. The Morgan fingerprint density at radius 2 is 1.96 bits per heavy atom. The highest BCUT2D eigenvalue weighted by Crippen LogP contribution is 2.51. The van der Waals surface area contributed by atoms with E-state index in [0.29, 0.717) is 16.5 Å². The molecule has 2 unspecified atom stereocenters. The third-order valence-corrected chi connectivity index (χ3v) is 5.02. The number of fused-ring (bicyclic) bond motifs is 1. The summed E-state index contributed by atoms with van der Waals surface area (Å²) in [6.45, 7) is 5.57. The summed E-state index contributed by atoms with van der Waals surface area (Å²) in [6.07, 6.45) is 3.37. The standard InChI is InChI=1S/C20H22F3NO/c1-12(2)16-11-13(3)18-15(9-10-24-18)17(16)19(25,20(21,22)23)14-7-5-4-6-8-14/h4-7,9-12,14,24-25H,8H2,1-3H3. The maximum Gasteiger partial charge on any atom is 0.422 e. The van der Waals surface area contributed by atoms with Crippen LogP contribution in [-0.4, -0.2) is 16.3 Å². The highest BCUT2D eigenvalue weighted by Gasteiger charge is 2.60. The predicted octanol–water partition coefficient (Wildman–Crippen LogP) is 5.48. The van der Waals surface area contributed by atoms with Gasteiger partial charge in [0.15, 0.2) is 5.60 Å². The number of aromatic nitrogens is 1. The molecule has 0 spiro atoms. The fourth-order valence-electron chi connectivity index (χ4n) is 3.75.